The topological polar surface area (TPSA) is 90.0 Å². The Bertz CT molecular complexity index is 467. The van der Waals surface area contributed by atoms with Crippen molar-refractivity contribution in [1.82, 2.24) is 14.5 Å². The van der Waals surface area contributed by atoms with Crippen LogP contribution in [-0.4, -0.2) is 24.7 Å². The summed E-state index contributed by atoms with van der Waals surface area (Å²) in [4.78, 5) is 0.0693. The molecular weight excluding hydrogens is 252 g/mol. The number of aromatic nitrogens is 2. The molecule has 18 heavy (non-hydrogen) atoms. The number of nitrogens with two attached hydrogens (primary N) is 1. The Morgan fingerprint density at radius 1 is 1.33 bits per heavy atom. The van der Waals surface area contributed by atoms with E-state index in [1.54, 1.807) is 0 Å². The molecule has 7 heteroatoms. The standard InChI is InChI=1S/C11H22N4O2S/c1-3-5-6-7-8-14-18(16,17)10-9-13-15(4-2)11(10)12/h9,14H,3-8,12H2,1-2H3. The molecule has 0 amide bonds. The fraction of sp³-hybridized carbons (Fsp3) is 0.727. The molecule has 104 valence electrons. The highest BCUT2D eigenvalue weighted by Crippen LogP contribution is 2.17. The summed E-state index contributed by atoms with van der Waals surface area (Å²) >= 11 is 0. The van der Waals surface area contributed by atoms with E-state index in [2.05, 4.69) is 16.7 Å². The van der Waals surface area contributed by atoms with Crippen LogP contribution in [0, 0.1) is 0 Å². The van der Waals surface area contributed by atoms with E-state index < -0.39 is 10.0 Å². The van der Waals surface area contributed by atoms with E-state index >= 15 is 0 Å². The van der Waals surface area contributed by atoms with Crippen LogP contribution in [0.25, 0.3) is 0 Å². The van der Waals surface area contributed by atoms with E-state index in [0.717, 1.165) is 25.7 Å². The van der Waals surface area contributed by atoms with Crippen LogP contribution in [-0.2, 0) is 16.6 Å². The molecule has 3 N–H and O–H groups in total. The molecule has 1 aromatic heterocycles. The summed E-state index contributed by atoms with van der Waals surface area (Å²) in [5.41, 5.74) is 5.73. The number of sulfonamides is 1. The van der Waals surface area contributed by atoms with Gasteiger partial charge in [-0.1, -0.05) is 26.2 Å². The maximum atomic E-state index is 12.0. The van der Waals surface area contributed by atoms with Gasteiger partial charge in [0, 0.05) is 13.1 Å². The monoisotopic (exact) mass is 274 g/mol. The fourth-order valence-corrected chi connectivity index (χ4v) is 2.81. The normalized spacial score (nSPS) is 11.9. The van der Waals surface area contributed by atoms with E-state index in [1.165, 1.54) is 10.9 Å². The van der Waals surface area contributed by atoms with Crippen molar-refractivity contribution in [3.63, 3.8) is 0 Å². The van der Waals surface area contributed by atoms with E-state index in [-0.39, 0.29) is 10.7 Å². The molecule has 0 aromatic carbocycles. The largest absolute Gasteiger partial charge is 0.383 e. The van der Waals surface area contributed by atoms with Crippen LogP contribution in [0.2, 0.25) is 0 Å². The zero-order valence-electron chi connectivity index (χ0n) is 11.0. The minimum Gasteiger partial charge on any atom is -0.383 e. The first kappa shape index (κ1) is 15.0. The van der Waals surface area contributed by atoms with Gasteiger partial charge in [-0.25, -0.2) is 17.8 Å². The van der Waals surface area contributed by atoms with Gasteiger partial charge in [-0.15, -0.1) is 0 Å². The number of nitrogen functional groups attached to an aromatic ring is 1. The second kappa shape index (κ2) is 6.75. The summed E-state index contributed by atoms with van der Waals surface area (Å²) in [6.07, 6.45) is 5.42. The maximum Gasteiger partial charge on any atom is 0.245 e. The molecule has 0 radical (unpaired) electrons. The number of hydrogen-bond acceptors (Lipinski definition) is 4. The van der Waals surface area contributed by atoms with Gasteiger partial charge in [-0.2, -0.15) is 5.10 Å². The lowest BCUT2D eigenvalue weighted by molar-refractivity contribution is 0.574. The van der Waals surface area contributed by atoms with Crippen LogP contribution in [0.1, 0.15) is 39.5 Å². The lowest BCUT2D eigenvalue weighted by Crippen LogP contribution is -2.25. The Kier molecular flexibility index (Phi) is 5.61. The molecule has 0 atom stereocenters. The van der Waals surface area contributed by atoms with Crippen LogP contribution in [0.4, 0.5) is 5.82 Å². The van der Waals surface area contributed by atoms with E-state index in [9.17, 15) is 8.42 Å². The predicted octanol–water partition coefficient (Wildman–Crippen LogP) is 1.34. The number of aryl methyl sites for hydroxylation is 1. The van der Waals surface area contributed by atoms with Crippen molar-refractivity contribution in [2.75, 3.05) is 12.3 Å². The van der Waals surface area contributed by atoms with Gasteiger partial charge in [-0.3, -0.25) is 0 Å². The van der Waals surface area contributed by atoms with Crippen molar-refractivity contribution < 1.29 is 8.42 Å². The van der Waals surface area contributed by atoms with Gasteiger partial charge in [0.1, 0.15) is 10.7 Å². The third kappa shape index (κ3) is 3.71. The smallest absolute Gasteiger partial charge is 0.245 e. The molecule has 0 aliphatic heterocycles. The Hall–Kier alpha value is -1.08. The summed E-state index contributed by atoms with van der Waals surface area (Å²) in [7, 11) is -3.53. The molecule has 0 spiro atoms. The van der Waals surface area contributed by atoms with E-state index in [4.69, 9.17) is 5.73 Å². The number of anilines is 1. The Morgan fingerprint density at radius 3 is 2.61 bits per heavy atom. The highest BCUT2D eigenvalue weighted by atomic mass is 32.2. The fourth-order valence-electron chi connectivity index (χ4n) is 1.67. The van der Waals surface area contributed by atoms with Crippen molar-refractivity contribution in [2.45, 2.75) is 51.0 Å². The zero-order valence-corrected chi connectivity index (χ0v) is 11.8. The Morgan fingerprint density at radius 2 is 2.06 bits per heavy atom. The first-order chi connectivity index (χ1) is 8.53. The second-order valence-corrected chi connectivity index (χ2v) is 5.90. The molecule has 1 aromatic rings. The second-order valence-electron chi connectivity index (χ2n) is 4.17. The summed E-state index contributed by atoms with van der Waals surface area (Å²) in [5, 5.41) is 3.93. The zero-order chi connectivity index (χ0) is 13.6. The van der Waals surface area contributed by atoms with Gasteiger partial charge in [0.25, 0.3) is 0 Å². The minimum absolute atomic E-state index is 0.0693. The molecule has 0 aliphatic carbocycles. The van der Waals surface area contributed by atoms with E-state index in [1.807, 2.05) is 6.92 Å². The quantitative estimate of drug-likeness (QED) is 0.700. The number of unbranched alkanes of at least 4 members (excludes halogenated alkanes) is 3. The lowest BCUT2D eigenvalue weighted by atomic mass is 10.2. The van der Waals surface area contributed by atoms with Gasteiger partial charge >= 0.3 is 0 Å². The van der Waals surface area contributed by atoms with Crippen LogP contribution in [0.3, 0.4) is 0 Å². The predicted molar refractivity (Wildman–Crippen MR) is 71.6 cm³/mol. The summed E-state index contributed by atoms with van der Waals surface area (Å²) < 4.78 is 28.0. The van der Waals surface area contributed by atoms with Crippen LogP contribution in [0.15, 0.2) is 11.1 Å². The molecule has 0 aliphatic rings. The first-order valence-corrected chi connectivity index (χ1v) is 7.82. The third-order valence-electron chi connectivity index (χ3n) is 2.76. The molecule has 1 rings (SSSR count). The van der Waals surface area contributed by atoms with Crippen molar-refractivity contribution >= 4 is 15.8 Å². The minimum atomic E-state index is -3.53. The summed E-state index contributed by atoms with van der Waals surface area (Å²) in [5.74, 6) is 0.193. The SMILES string of the molecule is CCCCCCNS(=O)(=O)c1cnn(CC)c1N. The average Bonchev–Trinajstić information content (AvgIpc) is 2.70. The molecule has 0 saturated heterocycles. The highest BCUT2D eigenvalue weighted by molar-refractivity contribution is 7.89. The van der Waals surface area contributed by atoms with Gasteiger partial charge in [0.05, 0.1) is 6.20 Å². The molecule has 0 saturated carbocycles. The van der Waals surface area contributed by atoms with Crippen LogP contribution in [0.5, 0.6) is 0 Å². The van der Waals surface area contributed by atoms with Gasteiger partial charge in [-0.05, 0) is 13.3 Å². The average molecular weight is 274 g/mol. The molecule has 1 heterocycles. The molecule has 0 unspecified atom stereocenters. The van der Waals surface area contributed by atoms with E-state index in [0.29, 0.717) is 13.1 Å². The summed E-state index contributed by atoms with van der Waals surface area (Å²) in [6.45, 7) is 4.97. The maximum absolute atomic E-state index is 12.0. The van der Waals surface area contributed by atoms with Crippen molar-refractivity contribution in [3.8, 4) is 0 Å². The van der Waals surface area contributed by atoms with Crippen LogP contribution >= 0.6 is 0 Å². The van der Waals surface area contributed by atoms with Crippen molar-refractivity contribution in [1.29, 1.82) is 0 Å². The highest BCUT2D eigenvalue weighted by Gasteiger charge is 2.20. The Labute approximate surface area is 109 Å². The number of nitrogens with zero attached hydrogens (tertiary/aromatic N) is 2. The molecule has 6 nitrogen and oxygen atoms in total. The number of rotatable bonds is 8. The van der Waals surface area contributed by atoms with Gasteiger partial charge in [0.2, 0.25) is 10.0 Å². The van der Waals surface area contributed by atoms with Gasteiger partial charge in [0.15, 0.2) is 0 Å². The third-order valence-corrected chi connectivity index (χ3v) is 4.23. The lowest BCUT2D eigenvalue weighted by Gasteiger charge is -2.06. The van der Waals surface area contributed by atoms with Crippen molar-refractivity contribution in [2.24, 2.45) is 0 Å². The van der Waals surface area contributed by atoms with Crippen molar-refractivity contribution in [3.05, 3.63) is 6.20 Å². The first-order valence-electron chi connectivity index (χ1n) is 6.33. The number of nitrogens with one attached hydrogen (secondary N) is 1. The molecule has 0 bridgehead atoms. The van der Waals surface area contributed by atoms with Crippen LogP contribution < -0.4 is 10.5 Å². The van der Waals surface area contributed by atoms with Gasteiger partial charge < -0.3 is 5.73 Å². The molecule has 0 fully saturated rings. The number of hydrogen-bond donors (Lipinski definition) is 2. The molecular formula is C11H22N4O2S. The summed E-state index contributed by atoms with van der Waals surface area (Å²) in [6, 6.07) is 0. The Balaban J connectivity index is 2.60.